The second-order valence-corrected chi connectivity index (χ2v) is 6.02. The van der Waals surface area contributed by atoms with E-state index in [1.807, 2.05) is 6.92 Å². The van der Waals surface area contributed by atoms with Crippen molar-refractivity contribution in [3.8, 4) is 0 Å². The van der Waals surface area contributed by atoms with E-state index in [1.165, 1.54) is 6.07 Å². The molecule has 0 aliphatic rings. The van der Waals surface area contributed by atoms with E-state index in [0.717, 1.165) is 0 Å². The van der Waals surface area contributed by atoms with Gasteiger partial charge in [0.15, 0.2) is 0 Å². The van der Waals surface area contributed by atoms with Gasteiger partial charge in [0.25, 0.3) is 5.91 Å². The summed E-state index contributed by atoms with van der Waals surface area (Å²) in [6.07, 6.45) is 2.39. The third kappa shape index (κ3) is 5.67. The first-order valence-corrected chi connectivity index (χ1v) is 7.54. The first-order chi connectivity index (χ1) is 8.81. The number of carbonyl (C=O) groups excluding carboxylic acids is 1. The van der Waals surface area contributed by atoms with Crippen LogP contribution in [0.25, 0.3) is 0 Å². The molecule has 0 aliphatic carbocycles. The fourth-order valence-electron chi connectivity index (χ4n) is 1.65. The lowest BCUT2D eigenvalue weighted by Crippen LogP contribution is -2.32. The molecule has 5 nitrogen and oxygen atoms in total. The molecule has 0 spiro atoms. The summed E-state index contributed by atoms with van der Waals surface area (Å²) in [4.78, 5) is 11.9. The van der Waals surface area contributed by atoms with Crippen molar-refractivity contribution >= 4 is 15.9 Å². The van der Waals surface area contributed by atoms with Crippen LogP contribution >= 0.6 is 0 Å². The van der Waals surface area contributed by atoms with Gasteiger partial charge in [-0.2, -0.15) is 0 Å². The summed E-state index contributed by atoms with van der Waals surface area (Å²) >= 11 is 0. The monoisotopic (exact) mass is 282 g/mol. The van der Waals surface area contributed by atoms with Crippen LogP contribution in [0.15, 0.2) is 36.9 Å². The highest BCUT2D eigenvalue weighted by Crippen LogP contribution is 2.08. The molecule has 0 saturated carbocycles. The fourth-order valence-corrected chi connectivity index (χ4v) is 2.29. The Labute approximate surface area is 113 Å². The number of nitrogens with two attached hydrogens (primary N) is 1. The van der Waals surface area contributed by atoms with Crippen molar-refractivity contribution in [1.29, 1.82) is 0 Å². The van der Waals surface area contributed by atoms with Gasteiger partial charge in [0.1, 0.15) is 0 Å². The minimum atomic E-state index is -3.60. The van der Waals surface area contributed by atoms with E-state index in [0.29, 0.717) is 17.5 Å². The Bertz CT molecular complexity index is 567. The number of carbonyl (C=O) groups is 1. The van der Waals surface area contributed by atoms with Crippen LogP contribution < -0.4 is 10.5 Å². The maximum absolute atomic E-state index is 11.9. The van der Waals surface area contributed by atoms with Gasteiger partial charge in [-0.1, -0.05) is 18.2 Å². The van der Waals surface area contributed by atoms with Gasteiger partial charge in [0.05, 0.1) is 5.75 Å². The number of nitrogens with one attached hydrogen (secondary N) is 1. The smallest absolute Gasteiger partial charge is 0.251 e. The van der Waals surface area contributed by atoms with Crippen LogP contribution in [-0.2, 0) is 15.8 Å². The molecule has 104 valence electrons. The highest BCUT2D eigenvalue weighted by molar-refractivity contribution is 7.88. The molecule has 0 saturated heterocycles. The Morgan fingerprint density at radius 2 is 2.21 bits per heavy atom. The minimum Gasteiger partial charge on any atom is -0.349 e. The zero-order valence-corrected chi connectivity index (χ0v) is 11.6. The van der Waals surface area contributed by atoms with Crippen molar-refractivity contribution in [3.05, 3.63) is 48.0 Å². The standard InChI is InChI=1S/C13H18N2O3S/c1-3-5-10(2)15-13(16)12-7-4-6-11(8-12)9-19(14,17)18/h3-4,6-8,10H,1,5,9H2,2H3,(H,15,16)(H2,14,17,18)/t10-/m1/s1. The third-order valence-corrected chi connectivity index (χ3v) is 3.19. The highest BCUT2D eigenvalue weighted by atomic mass is 32.2. The lowest BCUT2D eigenvalue weighted by molar-refractivity contribution is 0.0940. The van der Waals surface area contributed by atoms with Gasteiger partial charge >= 0.3 is 0 Å². The summed E-state index contributed by atoms with van der Waals surface area (Å²) in [5.41, 5.74) is 0.906. The van der Waals surface area contributed by atoms with E-state index in [-0.39, 0.29) is 17.7 Å². The van der Waals surface area contributed by atoms with Gasteiger partial charge in [-0.15, -0.1) is 6.58 Å². The molecular formula is C13H18N2O3S. The average molecular weight is 282 g/mol. The number of hydrogen-bond donors (Lipinski definition) is 2. The van der Waals surface area contributed by atoms with Gasteiger partial charge < -0.3 is 5.32 Å². The molecule has 1 aromatic rings. The summed E-state index contributed by atoms with van der Waals surface area (Å²) in [5.74, 6) is -0.526. The first kappa shape index (κ1) is 15.4. The summed E-state index contributed by atoms with van der Waals surface area (Å²) in [7, 11) is -3.60. The van der Waals surface area contributed by atoms with Crippen molar-refractivity contribution < 1.29 is 13.2 Å². The Balaban J connectivity index is 2.81. The Hall–Kier alpha value is -1.66. The van der Waals surface area contributed by atoms with E-state index in [2.05, 4.69) is 11.9 Å². The minimum absolute atomic E-state index is 0.0214. The molecule has 0 bridgehead atoms. The molecule has 0 radical (unpaired) electrons. The van der Waals surface area contributed by atoms with Gasteiger partial charge in [0.2, 0.25) is 10.0 Å². The van der Waals surface area contributed by atoms with Crippen LogP contribution in [-0.4, -0.2) is 20.4 Å². The predicted octanol–water partition coefficient (Wildman–Crippen LogP) is 1.17. The zero-order valence-electron chi connectivity index (χ0n) is 10.8. The lowest BCUT2D eigenvalue weighted by atomic mass is 10.1. The van der Waals surface area contributed by atoms with Crippen molar-refractivity contribution in [1.82, 2.24) is 5.32 Å². The quantitative estimate of drug-likeness (QED) is 0.767. The molecule has 1 amide bonds. The molecule has 1 aromatic carbocycles. The van der Waals surface area contributed by atoms with Gasteiger partial charge in [-0.05, 0) is 31.0 Å². The number of amides is 1. The van der Waals surface area contributed by atoms with E-state index >= 15 is 0 Å². The topological polar surface area (TPSA) is 89.3 Å². The molecule has 3 N–H and O–H groups in total. The van der Waals surface area contributed by atoms with E-state index < -0.39 is 10.0 Å². The van der Waals surface area contributed by atoms with Crippen LogP contribution in [0.3, 0.4) is 0 Å². The van der Waals surface area contributed by atoms with Crippen LogP contribution in [0.1, 0.15) is 29.3 Å². The molecule has 19 heavy (non-hydrogen) atoms. The van der Waals surface area contributed by atoms with Crippen molar-refractivity contribution in [2.24, 2.45) is 5.14 Å². The Kier molecular flexibility index (Phi) is 5.26. The van der Waals surface area contributed by atoms with Gasteiger partial charge in [-0.25, -0.2) is 13.6 Å². The number of hydrogen-bond acceptors (Lipinski definition) is 3. The highest BCUT2D eigenvalue weighted by Gasteiger charge is 2.11. The molecule has 0 aliphatic heterocycles. The fraction of sp³-hybridized carbons (Fsp3) is 0.308. The summed E-state index contributed by atoms with van der Waals surface area (Å²) in [6.45, 7) is 5.47. The van der Waals surface area contributed by atoms with Gasteiger partial charge in [0, 0.05) is 11.6 Å². The molecule has 0 fully saturated rings. The van der Waals surface area contributed by atoms with Crippen LogP contribution in [0, 0.1) is 0 Å². The van der Waals surface area contributed by atoms with E-state index in [1.54, 1.807) is 24.3 Å². The van der Waals surface area contributed by atoms with Gasteiger partial charge in [-0.3, -0.25) is 4.79 Å². The maximum Gasteiger partial charge on any atom is 0.251 e. The summed E-state index contributed by atoms with van der Waals surface area (Å²) in [5, 5.41) is 7.77. The molecule has 0 heterocycles. The van der Waals surface area contributed by atoms with Crippen LogP contribution in [0.5, 0.6) is 0 Å². The molecule has 6 heteroatoms. The molecular weight excluding hydrogens is 264 g/mol. The molecule has 1 rings (SSSR count). The second kappa shape index (κ2) is 6.49. The van der Waals surface area contributed by atoms with Crippen molar-refractivity contribution in [2.45, 2.75) is 25.1 Å². The number of primary sulfonamides is 1. The second-order valence-electron chi connectivity index (χ2n) is 4.41. The molecule has 0 unspecified atom stereocenters. The summed E-state index contributed by atoms with van der Waals surface area (Å²) in [6, 6.07) is 6.39. The normalized spacial score (nSPS) is 12.7. The van der Waals surface area contributed by atoms with E-state index in [9.17, 15) is 13.2 Å². The van der Waals surface area contributed by atoms with Crippen molar-refractivity contribution in [2.75, 3.05) is 0 Å². The average Bonchev–Trinajstić information content (AvgIpc) is 2.27. The Morgan fingerprint density at radius 3 is 2.79 bits per heavy atom. The number of sulfonamides is 1. The van der Waals surface area contributed by atoms with E-state index in [4.69, 9.17) is 5.14 Å². The largest absolute Gasteiger partial charge is 0.349 e. The molecule has 0 aromatic heterocycles. The zero-order chi connectivity index (χ0) is 14.5. The third-order valence-electron chi connectivity index (χ3n) is 2.45. The first-order valence-electron chi connectivity index (χ1n) is 5.83. The SMILES string of the molecule is C=CC[C@@H](C)NC(=O)c1cccc(CS(N)(=O)=O)c1. The number of rotatable bonds is 6. The maximum atomic E-state index is 11.9. The van der Waals surface area contributed by atoms with Crippen LogP contribution in [0.2, 0.25) is 0 Å². The molecule has 1 atom stereocenters. The predicted molar refractivity (Wildman–Crippen MR) is 75.0 cm³/mol. The lowest BCUT2D eigenvalue weighted by Gasteiger charge is -2.12. The summed E-state index contributed by atoms with van der Waals surface area (Å²) < 4.78 is 22.0. The van der Waals surface area contributed by atoms with Crippen molar-refractivity contribution in [3.63, 3.8) is 0 Å². The Morgan fingerprint density at radius 1 is 1.53 bits per heavy atom. The van der Waals surface area contributed by atoms with Crippen LogP contribution in [0.4, 0.5) is 0 Å². The number of benzene rings is 1.